The summed E-state index contributed by atoms with van der Waals surface area (Å²) in [5.41, 5.74) is 2.26. The van der Waals surface area contributed by atoms with Crippen LogP contribution in [0.3, 0.4) is 0 Å². The minimum Gasteiger partial charge on any atom is -0.387 e. The number of aliphatic hydroxyl groups excluding tert-OH is 1. The molecule has 3 rings (SSSR count). The number of hydrogen-bond acceptors (Lipinski definition) is 3. The Kier molecular flexibility index (Phi) is 5.23. The van der Waals surface area contributed by atoms with Gasteiger partial charge in [-0.3, -0.25) is 4.90 Å². The van der Waals surface area contributed by atoms with Gasteiger partial charge in [0.1, 0.15) is 11.6 Å². The maximum atomic E-state index is 13.4. The molecule has 3 nitrogen and oxygen atoms in total. The Morgan fingerprint density at radius 3 is 2.75 bits per heavy atom. The lowest BCUT2D eigenvalue weighted by atomic mass is 10.0. The molecule has 0 bridgehead atoms. The molecule has 1 aliphatic rings. The van der Waals surface area contributed by atoms with E-state index < -0.39 is 6.10 Å². The number of halogens is 2. The molecule has 1 saturated heterocycles. The van der Waals surface area contributed by atoms with Gasteiger partial charge >= 0.3 is 0 Å². The number of benzene rings is 2. The van der Waals surface area contributed by atoms with Crippen molar-refractivity contribution in [2.45, 2.75) is 19.1 Å². The number of β-amino-alcohol motifs (C(OH)–C–C–N with tert-alkyl or cyclic N) is 1. The highest BCUT2D eigenvalue weighted by molar-refractivity contribution is 5.28. The van der Waals surface area contributed by atoms with Crippen molar-refractivity contribution < 1.29 is 18.6 Å². The molecular weight excluding hydrogens is 312 g/mol. The van der Waals surface area contributed by atoms with Crippen LogP contribution in [0.15, 0.2) is 42.5 Å². The summed E-state index contributed by atoms with van der Waals surface area (Å²) in [5.74, 6) is -0.587. The SMILES string of the molecule is Cc1cc(F)ccc1C(O)CN1CCOC(c2cccc(F)c2)C1. The Hall–Kier alpha value is -1.82. The third-order valence-corrected chi connectivity index (χ3v) is 4.39. The van der Waals surface area contributed by atoms with Crippen molar-refractivity contribution in [2.24, 2.45) is 0 Å². The molecule has 1 heterocycles. The van der Waals surface area contributed by atoms with E-state index in [1.165, 1.54) is 24.3 Å². The molecule has 0 radical (unpaired) electrons. The lowest BCUT2D eigenvalue weighted by molar-refractivity contribution is -0.0425. The van der Waals surface area contributed by atoms with Crippen LogP contribution >= 0.6 is 0 Å². The van der Waals surface area contributed by atoms with Gasteiger partial charge in [0, 0.05) is 19.6 Å². The molecule has 0 amide bonds. The number of rotatable bonds is 4. The first-order valence-corrected chi connectivity index (χ1v) is 8.06. The maximum absolute atomic E-state index is 13.4. The molecule has 0 spiro atoms. The van der Waals surface area contributed by atoms with E-state index in [1.54, 1.807) is 19.1 Å². The van der Waals surface area contributed by atoms with E-state index in [1.807, 2.05) is 6.07 Å². The van der Waals surface area contributed by atoms with Crippen LogP contribution in [-0.4, -0.2) is 36.2 Å². The number of aliphatic hydroxyl groups is 1. The number of nitrogens with zero attached hydrogens (tertiary/aromatic N) is 1. The van der Waals surface area contributed by atoms with Crippen LogP contribution in [0.1, 0.15) is 28.9 Å². The lowest BCUT2D eigenvalue weighted by Crippen LogP contribution is -2.40. The summed E-state index contributed by atoms with van der Waals surface area (Å²) in [6.45, 7) is 4.03. The molecule has 1 N–H and O–H groups in total. The normalized spacial score (nSPS) is 20.1. The molecule has 2 aromatic rings. The van der Waals surface area contributed by atoms with Crippen molar-refractivity contribution in [3.8, 4) is 0 Å². The monoisotopic (exact) mass is 333 g/mol. The van der Waals surface area contributed by atoms with Crippen LogP contribution in [0.25, 0.3) is 0 Å². The van der Waals surface area contributed by atoms with Crippen molar-refractivity contribution in [2.75, 3.05) is 26.2 Å². The molecule has 0 aromatic heterocycles. The molecule has 128 valence electrons. The summed E-state index contributed by atoms with van der Waals surface area (Å²) in [7, 11) is 0. The van der Waals surface area contributed by atoms with Crippen LogP contribution in [0.2, 0.25) is 0 Å². The zero-order chi connectivity index (χ0) is 17.1. The first kappa shape index (κ1) is 17.0. The van der Waals surface area contributed by atoms with Crippen LogP contribution < -0.4 is 0 Å². The second-order valence-electron chi connectivity index (χ2n) is 6.19. The first-order chi connectivity index (χ1) is 11.5. The number of morpholine rings is 1. The molecule has 2 atom stereocenters. The van der Waals surface area contributed by atoms with Crippen molar-refractivity contribution in [1.29, 1.82) is 0 Å². The van der Waals surface area contributed by atoms with E-state index >= 15 is 0 Å². The molecule has 5 heteroatoms. The Morgan fingerprint density at radius 2 is 2.00 bits per heavy atom. The minimum atomic E-state index is -0.697. The van der Waals surface area contributed by atoms with Crippen LogP contribution in [0, 0.1) is 18.6 Å². The van der Waals surface area contributed by atoms with Gasteiger partial charge in [0.2, 0.25) is 0 Å². The minimum absolute atomic E-state index is 0.212. The van der Waals surface area contributed by atoms with E-state index in [4.69, 9.17) is 4.74 Å². The van der Waals surface area contributed by atoms with E-state index in [9.17, 15) is 13.9 Å². The molecule has 1 fully saturated rings. The molecule has 2 unspecified atom stereocenters. The molecule has 24 heavy (non-hydrogen) atoms. The number of aryl methyl sites for hydroxylation is 1. The first-order valence-electron chi connectivity index (χ1n) is 8.06. The second-order valence-corrected chi connectivity index (χ2v) is 6.19. The zero-order valence-corrected chi connectivity index (χ0v) is 13.6. The highest BCUT2D eigenvalue weighted by atomic mass is 19.1. The summed E-state index contributed by atoms with van der Waals surface area (Å²) in [5, 5.41) is 10.5. The number of ether oxygens (including phenoxy) is 1. The zero-order valence-electron chi connectivity index (χ0n) is 13.6. The van der Waals surface area contributed by atoms with Crippen molar-refractivity contribution in [1.82, 2.24) is 4.90 Å². The fourth-order valence-corrected chi connectivity index (χ4v) is 3.13. The molecule has 0 saturated carbocycles. The highest BCUT2D eigenvalue weighted by Crippen LogP contribution is 2.25. The topological polar surface area (TPSA) is 32.7 Å². The average Bonchev–Trinajstić information content (AvgIpc) is 2.55. The maximum Gasteiger partial charge on any atom is 0.123 e. The summed E-state index contributed by atoms with van der Waals surface area (Å²) < 4.78 is 32.3. The van der Waals surface area contributed by atoms with Crippen LogP contribution in [-0.2, 0) is 4.74 Å². The second kappa shape index (κ2) is 7.38. The fraction of sp³-hybridized carbons (Fsp3) is 0.368. The third-order valence-electron chi connectivity index (χ3n) is 4.39. The Morgan fingerprint density at radius 1 is 1.21 bits per heavy atom. The summed E-state index contributed by atoms with van der Waals surface area (Å²) in [4.78, 5) is 2.09. The largest absolute Gasteiger partial charge is 0.387 e. The van der Waals surface area contributed by atoms with Gasteiger partial charge in [-0.25, -0.2) is 8.78 Å². The van der Waals surface area contributed by atoms with E-state index in [0.717, 1.165) is 16.7 Å². The molecular formula is C19H21F2NO2. The fourth-order valence-electron chi connectivity index (χ4n) is 3.13. The molecule has 2 aromatic carbocycles. The van der Waals surface area contributed by atoms with Crippen molar-refractivity contribution in [3.05, 3.63) is 70.8 Å². The summed E-state index contributed by atoms with van der Waals surface area (Å²) >= 11 is 0. The average molecular weight is 333 g/mol. The van der Waals surface area contributed by atoms with Gasteiger partial charge in [-0.15, -0.1) is 0 Å². The van der Waals surface area contributed by atoms with Gasteiger partial charge in [0.15, 0.2) is 0 Å². The Labute approximate surface area is 140 Å². The van der Waals surface area contributed by atoms with Gasteiger partial charge in [-0.2, -0.15) is 0 Å². The van der Waals surface area contributed by atoms with E-state index in [0.29, 0.717) is 26.2 Å². The lowest BCUT2D eigenvalue weighted by Gasteiger charge is -2.34. The van der Waals surface area contributed by atoms with Gasteiger partial charge in [-0.05, 0) is 47.9 Å². The predicted molar refractivity (Wildman–Crippen MR) is 87.6 cm³/mol. The number of hydrogen-bond donors (Lipinski definition) is 1. The Balaban J connectivity index is 1.66. The predicted octanol–water partition coefficient (Wildman–Crippen LogP) is 3.38. The smallest absolute Gasteiger partial charge is 0.123 e. The van der Waals surface area contributed by atoms with Gasteiger partial charge in [0.05, 0.1) is 18.8 Å². The summed E-state index contributed by atoms with van der Waals surface area (Å²) in [6, 6.07) is 10.8. The van der Waals surface area contributed by atoms with Crippen molar-refractivity contribution in [3.63, 3.8) is 0 Å². The highest BCUT2D eigenvalue weighted by Gasteiger charge is 2.24. The molecule has 1 aliphatic heterocycles. The van der Waals surface area contributed by atoms with Gasteiger partial charge in [0.25, 0.3) is 0 Å². The quantitative estimate of drug-likeness (QED) is 0.931. The van der Waals surface area contributed by atoms with Crippen molar-refractivity contribution >= 4 is 0 Å². The van der Waals surface area contributed by atoms with Crippen LogP contribution in [0.4, 0.5) is 8.78 Å². The Bertz CT molecular complexity index is 708. The third kappa shape index (κ3) is 3.98. The van der Waals surface area contributed by atoms with Gasteiger partial charge in [-0.1, -0.05) is 18.2 Å². The summed E-state index contributed by atoms with van der Waals surface area (Å²) in [6.07, 6.45) is -0.909. The van der Waals surface area contributed by atoms with E-state index in [-0.39, 0.29) is 17.7 Å². The van der Waals surface area contributed by atoms with Gasteiger partial charge < -0.3 is 9.84 Å². The van der Waals surface area contributed by atoms with Crippen LogP contribution in [0.5, 0.6) is 0 Å². The molecule has 0 aliphatic carbocycles. The standard InChI is InChI=1S/C19H21F2NO2/c1-13-9-16(21)5-6-17(13)18(23)11-22-7-8-24-19(12-22)14-3-2-4-15(20)10-14/h2-6,9-10,18-19,23H,7-8,11-12H2,1H3. The van der Waals surface area contributed by atoms with E-state index in [2.05, 4.69) is 4.90 Å².